The number of aryl methyl sites for hydroxylation is 1. The number of carbonyl (C=O) groups is 2. The molecule has 0 radical (unpaired) electrons. The Morgan fingerprint density at radius 1 is 1.17 bits per heavy atom. The minimum atomic E-state index is -1.08. The molecule has 2 aromatic heterocycles. The van der Waals surface area contributed by atoms with E-state index in [-0.39, 0.29) is 18.0 Å². The molecule has 1 N–H and O–H groups in total. The minimum absolute atomic E-state index is 0.0337. The summed E-state index contributed by atoms with van der Waals surface area (Å²) in [6.07, 6.45) is 2.23. The van der Waals surface area contributed by atoms with E-state index in [2.05, 4.69) is 10.3 Å². The monoisotopic (exact) mass is 410 g/mol. The molecule has 0 saturated carbocycles. The van der Waals surface area contributed by atoms with Gasteiger partial charge < -0.3 is 5.32 Å². The Balaban J connectivity index is 1.69. The zero-order chi connectivity index (χ0) is 20.6. The number of nitrogens with one attached hydrogen (secondary N) is 1. The lowest BCUT2D eigenvalue weighted by atomic mass is 9.85. The van der Waals surface area contributed by atoms with Gasteiger partial charge in [0.15, 0.2) is 4.96 Å². The molecule has 150 valence electrons. The van der Waals surface area contributed by atoms with Crippen LogP contribution in [0.2, 0.25) is 0 Å². The average Bonchev–Trinajstić information content (AvgIpc) is 3.20. The number of benzene rings is 1. The van der Waals surface area contributed by atoms with Crippen molar-refractivity contribution < 1.29 is 9.59 Å². The van der Waals surface area contributed by atoms with Crippen molar-refractivity contribution in [2.24, 2.45) is 0 Å². The number of aromatic nitrogens is 2. The molecule has 1 aliphatic heterocycles. The van der Waals surface area contributed by atoms with Crippen molar-refractivity contribution in [3.05, 3.63) is 69.1 Å². The van der Waals surface area contributed by atoms with Crippen LogP contribution in [0, 0.1) is 6.92 Å². The first-order valence-corrected chi connectivity index (χ1v) is 10.5. The molecule has 3 heterocycles. The summed E-state index contributed by atoms with van der Waals surface area (Å²) < 4.78 is 1.52. The molecule has 1 unspecified atom stereocenters. The number of hydrogen-bond acceptors (Lipinski definition) is 5. The summed E-state index contributed by atoms with van der Waals surface area (Å²) >= 11 is 1.36. The molecule has 3 amide bonds. The molecule has 1 atom stereocenters. The predicted octanol–water partition coefficient (Wildman–Crippen LogP) is 3.20. The normalized spacial score (nSPS) is 19.2. The van der Waals surface area contributed by atoms with Gasteiger partial charge in [0.25, 0.3) is 11.5 Å². The Hall–Kier alpha value is -3.00. The molecule has 1 fully saturated rings. The predicted molar refractivity (Wildman–Crippen MR) is 111 cm³/mol. The fourth-order valence-electron chi connectivity index (χ4n) is 3.79. The van der Waals surface area contributed by atoms with Crippen molar-refractivity contribution >= 4 is 28.2 Å². The van der Waals surface area contributed by atoms with Crippen molar-refractivity contribution in [3.63, 3.8) is 0 Å². The van der Waals surface area contributed by atoms with Gasteiger partial charge in [-0.3, -0.25) is 18.9 Å². The van der Waals surface area contributed by atoms with E-state index in [1.54, 1.807) is 0 Å². The highest BCUT2D eigenvalue weighted by Crippen LogP contribution is 2.34. The van der Waals surface area contributed by atoms with Crippen molar-refractivity contribution in [1.29, 1.82) is 0 Å². The van der Waals surface area contributed by atoms with Gasteiger partial charge in [-0.1, -0.05) is 50.1 Å². The highest BCUT2D eigenvalue weighted by atomic mass is 32.1. The number of fused-ring (bicyclic) bond motifs is 1. The maximum Gasteiger partial charge on any atom is 0.325 e. The zero-order valence-corrected chi connectivity index (χ0v) is 17.2. The molecule has 3 aromatic rings. The first kappa shape index (κ1) is 19.3. The third kappa shape index (κ3) is 3.23. The van der Waals surface area contributed by atoms with E-state index in [0.717, 1.165) is 24.1 Å². The summed E-state index contributed by atoms with van der Waals surface area (Å²) in [5.41, 5.74) is 0.696. The molecule has 0 bridgehead atoms. The number of hydrogen-bond donors (Lipinski definition) is 1. The van der Waals surface area contributed by atoms with E-state index < -0.39 is 11.6 Å². The molecule has 1 aromatic carbocycles. The largest absolute Gasteiger partial charge is 0.325 e. The number of nitrogens with zero attached hydrogens (tertiary/aromatic N) is 3. The fraction of sp³-hybridized carbons (Fsp3) is 0.333. The van der Waals surface area contributed by atoms with Gasteiger partial charge in [0.05, 0.1) is 12.2 Å². The molecule has 8 heteroatoms. The van der Waals surface area contributed by atoms with Crippen LogP contribution >= 0.6 is 11.3 Å². The number of unbranched alkanes of at least 4 members (excludes halogenated alkanes) is 1. The quantitative estimate of drug-likeness (QED) is 0.633. The number of amides is 3. The Labute approximate surface area is 172 Å². The third-order valence-electron chi connectivity index (χ3n) is 5.30. The average molecular weight is 410 g/mol. The molecule has 7 nitrogen and oxygen atoms in total. The van der Waals surface area contributed by atoms with Gasteiger partial charge in [-0.15, -0.1) is 11.3 Å². The van der Waals surface area contributed by atoms with Crippen LogP contribution in [0.5, 0.6) is 0 Å². The van der Waals surface area contributed by atoms with Crippen LogP contribution in [-0.2, 0) is 16.9 Å². The summed E-state index contributed by atoms with van der Waals surface area (Å²) in [6, 6.07) is 10.3. The van der Waals surface area contributed by atoms with Gasteiger partial charge in [0, 0.05) is 17.1 Å². The second-order valence-electron chi connectivity index (χ2n) is 7.28. The maximum absolute atomic E-state index is 13.4. The van der Waals surface area contributed by atoms with Crippen LogP contribution in [0.3, 0.4) is 0 Å². The Bertz CT molecular complexity index is 1140. The van der Waals surface area contributed by atoms with Crippen molar-refractivity contribution in [2.75, 3.05) is 0 Å². The van der Waals surface area contributed by atoms with Crippen LogP contribution in [0.4, 0.5) is 4.79 Å². The van der Waals surface area contributed by atoms with Gasteiger partial charge >= 0.3 is 6.03 Å². The van der Waals surface area contributed by atoms with Crippen LogP contribution in [0.1, 0.15) is 43.1 Å². The summed E-state index contributed by atoms with van der Waals surface area (Å²) in [7, 11) is 0. The molecule has 1 saturated heterocycles. The molecular formula is C21H22N4O3S. The van der Waals surface area contributed by atoms with Gasteiger partial charge in [-0.2, -0.15) is 0 Å². The highest BCUT2D eigenvalue weighted by Gasteiger charge is 2.51. The Kier molecular flexibility index (Phi) is 4.96. The van der Waals surface area contributed by atoms with Gasteiger partial charge in [-0.25, -0.2) is 9.78 Å². The van der Waals surface area contributed by atoms with E-state index in [9.17, 15) is 14.4 Å². The smallest absolute Gasteiger partial charge is 0.319 e. The van der Waals surface area contributed by atoms with Crippen LogP contribution in [0.15, 0.2) is 46.6 Å². The molecule has 0 aliphatic carbocycles. The van der Waals surface area contributed by atoms with E-state index >= 15 is 0 Å². The van der Waals surface area contributed by atoms with E-state index in [4.69, 9.17) is 0 Å². The van der Waals surface area contributed by atoms with Gasteiger partial charge in [0.2, 0.25) is 0 Å². The number of imide groups is 1. The molecule has 4 rings (SSSR count). The second kappa shape index (κ2) is 7.44. The van der Waals surface area contributed by atoms with Crippen molar-refractivity contribution in [1.82, 2.24) is 19.6 Å². The lowest BCUT2D eigenvalue weighted by molar-refractivity contribution is -0.132. The SMILES string of the molecule is CCCCC1(c2ccccc2)NC(=O)N(Cc2cc(=O)n3c(C)csc3n2)C1=O. The zero-order valence-electron chi connectivity index (χ0n) is 16.3. The highest BCUT2D eigenvalue weighted by molar-refractivity contribution is 7.15. The number of carbonyl (C=O) groups excluding carboxylic acids is 2. The third-order valence-corrected chi connectivity index (χ3v) is 6.24. The van der Waals surface area contributed by atoms with Crippen LogP contribution < -0.4 is 10.9 Å². The van der Waals surface area contributed by atoms with E-state index in [0.29, 0.717) is 17.1 Å². The fourth-order valence-corrected chi connectivity index (χ4v) is 4.68. The Morgan fingerprint density at radius 3 is 2.66 bits per heavy atom. The summed E-state index contributed by atoms with van der Waals surface area (Å²) in [5, 5.41) is 4.78. The number of rotatable bonds is 6. The first-order valence-electron chi connectivity index (χ1n) is 9.62. The molecule has 29 heavy (non-hydrogen) atoms. The Morgan fingerprint density at radius 2 is 1.93 bits per heavy atom. The first-order chi connectivity index (χ1) is 14.0. The summed E-state index contributed by atoms with van der Waals surface area (Å²) in [5.74, 6) is -0.300. The lowest BCUT2D eigenvalue weighted by Crippen LogP contribution is -2.44. The van der Waals surface area contributed by atoms with Crippen molar-refractivity contribution in [2.45, 2.75) is 45.2 Å². The van der Waals surface area contributed by atoms with Crippen LogP contribution in [0.25, 0.3) is 4.96 Å². The van der Waals surface area contributed by atoms with Gasteiger partial charge in [-0.05, 0) is 18.9 Å². The standard InChI is InChI=1S/C21H22N4O3S/c1-3-4-10-21(15-8-6-5-7-9-15)18(27)24(19(28)23-21)12-16-11-17(26)25-14(2)13-29-20(25)22-16/h5-9,11,13H,3-4,10,12H2,1-2H3,(H,23,28). The van der Waals surface area contributed by atoms with E-state index in [1.807, 2.05) is 49.6 Å². The summed E-state index contributed by atoms with van der Waals surface area (Å²) in [6.45, 7) is 3.85. The maximum atomic E-state index is 13.4. The van der Waals surface area contributed by atoms with Crippen molar-refractivity contribution in [3.8, 4) is 0 Å². The molecular weight excluding hydrogens is 388 g/mol. The lowest BCUT2D eigenvalue weighted by Gasteiger charge is -2.27. The van der Waals surface area contributed by atoms with E-state index in [1.165, 1.54) is 26.7 Å². The molecule has 0 spiro atoms. The summed E-state index contributed by atoms with van der Waals surface area (Å²) in [4.78, 5) is 44.8. The topological polar surface area (TPSA) is 83.8 Å². The second-order valence-corrected chi connectivity index (χ2v) is 8.11. The molecule has 1 aliphatic rings. The minimum Gasteiger partial charge on any atom is -0.319 e. The number of thiazole rings is 1. The van der Waals surface area contributed by atoms with Gasteiger partial charge in [0.1, 0.15) is 5.54 Å². The van der Waals surface area contributed by atoms with Crippen LogP contribution in [-0.4, -0.2) is 26.2 Å². The number of urea groups is 1.